The van der Waals surface area contributed by atoms with Crippen LogP contribution in [0.3, 0.4) is 0 Å². The molecule has 1 aromatic heterocycles. The van der Waals surface area contributed by atoms with Gasteiger partial charge in [-0.05, 0) is 43.4 Å². The molecular formula is C24H25N3O2. The van der Waals surface area contributed by atoms with Crippen LogP contribution in [0, 0.1) is 0 Å². The van der Waals surface area contributed by atoms with Crippen LogP contribution in [0.4, 0.5) is 0 Å². The van der Waals surface area contributed by atoms with E-state index in [1.807, 2.05) is 48.5 Å². The van der Waals surface area contributed by atoms with E-state index in [1.165, 1.54) is 18.4 Å². The molecule has 5 nitrogen and oxygen atoms in total. The Labute approximate surface area is 170 Å². The first-order valence-electron chi connectivity index (χ1n) is 10.4. The number of nitrogens with zero attached hydrogens (tertiary/aromatic N) is 2. The van der Waals surface area contributed by atoms with Gasteiger partial charge in [0.1, 0.15) is 5.69 Å². The minimum Gasteiger partial charge on any atom is -0.359 e. The second-order valence-electron chi connectivity index (χ2n) is 8.13. The predicted octanol–water partition coefficient (Wildman–Crippen LogP) is 4.40. The van der Waals surface area contributed by atoms with Crippen LogP contribution in [0.2, 0.25) is 0 Å². The molecular weight excluding hydrogens is 362 g/mol. The summed E-state index contributed by atoms with van der Waals surface area (Å²) >= 11 is 0. The van der Waals surface area contributed by atoms with E-state index < -0.39 is 0 Å². The number of carbonyl (C=O) groups excluding carboxylic acids is 1. The summed E-state index contributed by atoms with van der Waals surface area (Å²) in [6.45, 7) is 1.59. The van der Waals surface area contributed by atoms with E-state index in [4.69, 9.17) is 4.52 Å². The van der Waals surface area contributed by atoms with Gasteiger partial charge in [0.15, 0.2) is 5.76 Å². The Bertz CT molecular complexity index is 973. The third-order valence-corrected chi connectivity index (χ3v) is 5.57. The van der Waals surface area contributed by atoms with Crippen LogP contribution in [0.5, 0.6) is 0 Å². The van der Waals surface area contributed by atoms with E-state index in [-0.39, 0.29) is 5.91 Å². The fourth-order valence-electron chi connectivity index (χ4n) is 3.58. The number of rotatable bonds is 8. The number of benzene rings is 2. The maximum atomic E-state index is 12.2. The normalized spacial score (nSPS) is 16.2. The van der Waals surface area contributed by atoms with Gasteiger partial charge in [-0.1, -0.05) is 47.6 Å². The quantitative estimate of drug-likeness (QED) is 0.622. The second-order valence-corrected chi connectivity index (χ2v) is 8.13. The molecule has 2 saturated carbocycles. The zero-order valence-corrected chi connectivity index (χ0v) is 16.4. The molecule has 0 spiro atoms. The van der Waals surface area contributed by atoms with Crippen molar-refractivity contribution in [2.45, 2.75) is 50.9 Å². The van der Waals surface area contributed by atoms with Crippen molar-refractivity contribution in [2.75, 3.05) is 0 Å². The molecule has 0 unspecified atom stereocenters. The number of hydrogen-bond acceptors (Lipinski definition) is 4. The van der Waals surface area contributed by atoms with Crippen molar-refractivity contribution in [1.82, 2.24) is 15.4 Å². The van der Waals surface area contributed by atoms with Gasteiger partial charge in [0.25, 0.3) is 5.91 Å². The molecule has 5 rings (SSSR count). The van der Waals surface area contributed by atoms with Crippen molar-refractivity contribution in [1.29, 1.82) is 0 Å². The first-order valence-corrected chi connectivity index (χ1v) is 10.4. The van der Waals surface area contributed by atoms with Gasteiger partial charge < -0.3 is 9.84 Å². The lowest BCUT2D eigenvalue weighted by Gasteiger charge is -2.20. The van der Waals surface area contributed by atoms with Gasteiger partial charge in [0.05, 0.1) is 6.54 Å². The molecule has 1 heterocycles. The van der Waals surface area contributed by atoms with Crippen molar-refractivity contribution in [3.8, 4) is 11.3 Å². The van der Waals surface area contributed by atoms with Gasteiger partial charge in [-0.15, -0.1) is 0 Å². The zero-order valence-electron chi connectivity index (χ0n) is 16.4. The Morgan fingerprint density at radius 1 is 1.00 bits per heavy atom. The van der Waals surface area contributed by atoms with Crippen LogP contribution in [-0.4, -0.2) is 28.0 Å². The maximum absolute atomic E-state index is 12.2. The molecule has 1 amide bonds. The lowest BCUT2D eigenvalue weighted by Crippen LogP contribution is -2.26. The highest BCUT2D eigenvalue weighted by molar-refractivity contribution is 5.94. The summed E-state index contributed by atoms with van der Waals surface area (Å²) in [5.74, 6) is 0.921. The van der Waals surface area contributed by atoms with Crippen LogP contribution in [0.25, 0.3) is 11.3 Å². The number of carbonyl (C=O) groups is 1. The highest BCUT2D eigenvalue weighted by Crippen LogP contribution is 2.30. The SMILES string of the molecule is O=C(NC1CC1)c1ccc(CN(Cc2cc(-c3ccccc3)no2)C2CC2)cc1. The van der Waals surface area contributed by atoms with Crippen LogP contribution in [0.1, 0.15) is 47.4 Å². The molecule has 5 heteroatoms. The van der Waals surface area contributed by atoms with E-state index in [2.05, 4.69) is 27.5 Å². The Hall–Kier alpha value is -2.92. The fraction of sp³-hybridized carbons (Fsp3) is 0.333. The second kappa shape index (κ2) is 7.84. The number of nitrogens with one attached hydrogen (secondary N) is 1. The summed E-state index contributed by atoms with van der Waals surface area (Å²) in [5.41, 5.74) is 3.90. The molecule has 0 radical (unpaired) electrons. The van der Waals surface area contributed by atoms with E-state index >= 15 is 0 Å². The number of amides is 1. The van der Waals surface area contributed by atoms with Gasteiger partial charge >= 0.3 is 0 Å². The molecule has 0 atom stereocenters. The lowest BCUT2D eigenvalue weighted by molar-refractivity contribution is 0.0951. The number of aromatic nitrogens is 1. The highest BCUT2D eigenvalue weighted by atomic mass is 16.5. The van der Waals surface area contributed by atoms with Crippen LogP contribution >= 0.6 is 0 Å². The van der Waals surface area contributed by atoms with E-state index in [9.17, 15) is 4.79 Å². The molecule has 2 fully saturated rings. The smallest absolute Gasteiger partial charge is 0.251 e. The van der Waals surface area contributed by atoms with E-state index in [1.54, 1.807) is 0 Å². The molecule has 2 aliphatic rings. The lowest BCUT2D eigenvalue weighted by atomic mass is 10.1. The van der Waals surface area contributed by atoms with Crippen molar-refractivity contribution in [2.24, 2.45) is 0 Å². The van der Waals surface area contributed by atoms with Crippen molar-refractivity contribution < 1.29 is 9.32 Å². The van der Waals surface area contributed by atoms with Gasteiger partial charge in [0.2, 0.25) is 0 Å². The summed E-state index contributed by atoms with van der Waals surface area (Å²) < 4.78 is 5.61. The van der Waals surface area contributed by atoms with E-state index in [0.717, 1.165) is 48.5 Å². The molecule has 3 aromatic rings. The molecule has 148 valence electrons. The Morgan fingerprint density at radius 2 is 1.76 bits per heavy atom. The maximum Gasteiger partial charge on any atom is 0.251 e. The third-order valence-electron chi connectivity index (χ3n) is 5.57. The largest absolute Gasteiger partial charge is 0.359 e. The number of hydrogen-bond donors (Lipinski definition) is 1. The van der Waals surface area contributed by atoms with Gasteiger partial charge in [-0.2, -0.15) is 0 Å². The summed E-state index contributed by atoms with van der Waals surface area (Å²) in [5, 5.41) is 7.28. The monoisotopic (exact) mass is 387 g/mol. The average molecular weight is 387 g/mol. The van der Waals surface area contributed by atoms with Gasteiger partial charge in [0, 0.05) is 35.8 Å². The van der Waals surface area contributed by atoms with Crippen LogP contribution in [-0.2, 0) is 13.1 Å². The topological polar surface area (TPSA) is 58.4 Å². The minimum atomic E-state index is 0.0354. The molecule has 2 aliphatic carbocycles. The minimum absolute atomic E-state index is 0.0354. The Balaban J connectivity index is 1.24. The molecule has 0 aliphatic heterocycles. The molecule has 0 bridgehead atoms. The summed E-state index contributed by atoms with van der Waals surface area (Å²) in [7, 11) is 0. The van der Waals surface area contributed by atoms with Gasteiger partial charge in [-0.25, -0.2) is 0 Å². The van der Waals surface area contributed by atoms with E-state index in [0.29, 0.717) is 12.1 Å². The fourth-order valence-corrected chi connectivity index (χ4v) is 3.58. The van der Waals surface area contributed by atoms with Gasteiger partial charge in [-0.3, -0.25) is 9.69 Å². The Morgan fingerprint density at radius 3 is 2.45 bits per heavy atom. The molecule has 2 aromatic carbocycles. The summed E-state index contributed by atoms with van der Waals surface area (Å²) in [6, 6.07) is 21.1. The molecule has 29 heavy (non-hydrogen) atoms. The molecule has 1 N–H and O–H groups in total. The van der Waals surface area contributed by atoms with Crippen molar-refractivity contribution in [3.05, 3.63) is 77.6 Å². The third kappa shape index (κ3) is 4.57. The van der Waals surface area contributed by atoms with Crippen molar-refractivity contribution >= 4 is 5.91 Å². The first kappa shape index (κ1) is 18.1. The van der Waals surface area contributed by atoms with Crippen LogP contribution < -0.4 is 5.32 Å². The molecule has 0 saturated heterocycles. The average Bonchev–Trinajstić information content (AvgIpc) is 3.69. The standard InChI is InChI=1S/C24H25N3O2/c28-24(25-20-10-11-20)19-8-6-17(7-9-19)15-27(21-12-13-21)16-22-14-23(26-29-22)18-4-2-1-3-5-18/h1-9,14,20-21H,10-13,15-16H2,(H,25,28). The zero-order chi connectivity index (χ0) is 19.6. The summed E-state index contributed by atoms with van der Waals surface area (Å²) in [6.07, 6.45) is 4.66. The highest BCUT2D eigenvalue weighted by Gasteiger charge is 2.30. The predicted molar refractivity (Wildman–Crippen MR) is 111 cm³/mol. The first-order chi connectivity index (χ1) is 14.2. The summed E-state index contributed by atoms with van der Waals surface area (Å²) in [4.78, 5) is 14.6. The van der Waals surface area contributed by atoms with Crippen molar-refractivity contribution in [3.63, 3.8) is 0 Å². The van der Waals surface area contributed by atoms with Crippen LogP contribution in [0.15, 0.2) is 65.2 Å². The Kier molecular flexibility index (Phi) is 4.90.